The van der Waals surface area contributed by atoms with E-state index in [0.29, 0.717) is 22.0 Å². The van der Waals surface area contributed by atoms with E-state index in [9.17, 15) is 9.59 Å². The summed E-state index contributed by atoms with van der Waals surface area (Å²) >= 11 is 5.05. The lowest BCUT2D eigenvalue weighted by Gasteiger charge is -2.36. The smallest absolute Gasteiger partial charge is 0.341 e. The number of hydrogen-bond acceptors (Lipinski definition) is 5. The number of halogens is 1. The summed E-state index contributed by atoms with van der Waals surface area (Å²) in [5.74, 6) is -0.150. The zero-order chi connectivity index (χ0) is 27.9. The van der Waals surface area contributed by atoms with Gasteiger partial charge >= 0.3 is 5.97 Å². The van der Waals surface area contributed by atoms with Gasteiger partial charge in [-0.3, -0.25) is 4.79 Å². The minimum absolute atomic E-state index is 0.215. The van der Waals surface area contributed by atoms with Gasteiger partial charge in [0.05, 0.1) is 29.4 Å². The first kappa shape index (κ1) is 27.5. The van der Waals surface area contributed by atoms with Crippen LogP contribution >= 0.6 is 27.3 Å². The van der Waals surface area contributed by atoms with Gasteiger partial charge in [0, 0.05) is 20.3 Å². The molecule has 1 unspecified atom stereocenters. The summed E-state index contributed by atoms with van der Waals surface area (Å²) in [5, 5.41) is 4.40. The van der Waals surface area contributed by atoms with E-state index in [-0.39, 0.29) is 11.3 Å². The van der Waals surface area contributed by atoms with Gasteiger partial charge in [-0.25, -0.2) is 9.78 Å². The Balaban J connectivity index is 1.57. The number of benzene rings is 2. The van der Waals surface area contributed by atoms with Gasteiger partial charge < -0.3 is 10.1 Å². The summed E-state index contributed by atoms with van der Waals surface area (Å²) in [6.45, 7) is 8.91. The van der Waals surface area contributed by atoms with Gasteiger partial charge in [0.2, 0.25) is 0 Å². The van der Waals surface area contributed by atoms with Crippen molar-refractivity contribution >= 4 is 55.0 Å². The van der Waals surface area contributed by atoms with E-state index in [1.165, 1.54) is 23.3 Å². The van der Waals surface area contributed by atoms with Gasteiger partial charge in [-0.15, -0.1) is 11.3 Å². The van der Waals surface area contributed by atoms with Crippen LogP contribution in [0.15, 0.2) is 53.0 Å². The largest absolute Gasteiger partial charge is 0.465 e. The van der Waals surface area contributed by atoms with Crippen LogP contribution in [0.4, 0.5) is 5.00 Å². The fourth-order valence-corrected chi connectivity index (χ4v) is 7.05. The Hall–Kier alpha value is -3.03. The van der Waals surface area contributed by atoms with Crippen molar-refractivity contribution in [3.05, 3.63) is 80.1 Å². The summed E-state index contributed by atoms with van der Waals surface area (Å²) < 4.78 is 6.04. The molecule has 1 atom stereocenters. The fourth-order valence-electron chi connectivity index (χ4n) is 5.38. The molecule has 1 N–H and O–H groups in total. The number of esters is 1. The van der Waals surface area contributed by atoms with E-state index in [1.54, 1.807) is 0 Å². The topological polar surface area (TPSA) is 68.3 Å². The number of fused-ring (bicyclic) bond motifs is 2. The predicted octanol–water partition coefficient (Wildman–Crippen LogP) is 8.61. The molecule has 1 aliphatic carbocycles. The average Bonchev–Trinajstić information content (AvgIpc) is 3.29. The molecule has 39 heavy (non-hydrogen) atoms. The molecule has 1 aliphatic rings. The Morgan fingerprint density at radius 1 is 1.15 bits per heavy atom. The molecule has 0 radical (unpaired) electrons. The van der Waals surface area contributed by atoms with Crippen LogP contribution < -0.4 is 5.32 Å². The van der Waals surface area contributed by atoms with Crippen LogP contribution in [0, 0.1) is 18.3 Å². The van der Waals surface area contributed by atoms with Gasteiger partial charge in [-0.05, 0) is 67.3 Å². The molecular formula is C32H33BrN2O3S. The zero-order valence-corrected chi connectivity index (χ0v) is 25.4. The third-order valence-corrected chi connectivity index (χ3v) is 9.92. The van der Waals surface area contributed by atoms with E-state index in [0.717, 1.165) is 63.4 Å². The molecule has 5 nitrogen and oxygen atoms in total. The minimum Gasteiger partial charge on any atom is -0.465 e. The van der Waals surface area contributed by atoms with Crippen LogP contribution in [-0.4, -0.2) is 24.0 Å². The number of anilines is 1. The number of nitrogens with zero attached hydrogens (tertiary/aromatic N) is 1. The van der Waals surface area contributed by atoms with E-state index < -0.39 is 5.97 Å². The number of aryl methyl sites for hydroxylation is 1. The lowest BCUT2D eigenvalue weighted by Crippen LogP contribution is -2.28. The molecule has 7 heteroatoms. The Morgan fingerprint density at radius 3 is 2.59 bits per heavy atom. The molecule has 0 fully saturated rings. The average molecular weight is 606 g/mol. The SMILES string of the molecule is CCC(C)(C)C1CCc2c(sc(NC(=O)c3cc(-c4ccc(C)cc4)nc4ccc(Br)cc34)c2C(=O)OC)C1. The number of rotatable bonds is 6. The van der Waals surface area contributed by atoms with Crippen molar-refractivity contribution in [1.29, 1.82) is 0 Å². The number of nitrogens with one attached hydrogen (secondary N) is 1. The quantitative estimate of drug-likeness (QED) is 0.224. The highest BCUT2D eigenvalue weighted by Crippen LogP contribution is 2.46. The van der Waals surface area contributed by atoms with E-state index in [4.69, 9.17) is 9.72 Å². The standard InChI is InChI=1S/C32H33BrN2O3S/c1-6-32(3,4)20-11-13-22-27(15-20)39-30(28(22)31(37)38-5)35-29(36)24-17-26(19-9-7-18(2)8-10-19)34-25-14-12-21(33)16-23(24)25/h7-10,12,14,16-17,20H,6,11,13,15H2,1-5H3,(H,35,36). The second-order valence-corrected chi connectivity index (χ2v) is 13.0. The minimum atomic E-state index is -0.404. The molecule has 2 heterocycles. The Kier molecular flexibility index (Phi) is 7.66. The molecule has 0 bridgehead atoms. The third kappa shape index (κ3) is 5.39. The van der Waals surface area contributed by atoms with Gasteiger partial charge in [-0.2, -0.15) is 0 Å². The molecule has 0 aliphatic heterocycles. The van der Waals surface area contributed by atoms with Crippen LogP contribution in [0.1, 0.15) is 70.3 Å². The first-order chi connectivity index (χ1) is 18.6. The third-order valence-electron chi connectivity index (χ3n) is 8.26. The second kappa shape index (κ2) is 10.9. The number of carbonyl (C=O) groups is 2. The van der Waals surface area contributed by atoms with Crippen molar-refractivity contribution in [2.45, 2.75) is 53.4 Å². The summed E-state index contributed by atoms with van der Waals surface area (Å²) in [4.78, 5) is 32.9. The highest BCUT2D eigenvalue weighted by Gasteiger charge is 2.35. The summed E-state index contributed by atoms with van der Waals surface area (Å²) in [6.07, 6.45) is 3.83. The lowest BCUT2D eigenvalue weighted by atomic mass is 9.69. The number of amides is 1. The summed E-state index contributed by atoms with van der Waals surface area (Å²) in [7, 11) is 1.39. The van der Waals surface area contributed by atoms with Crippen molar-refractivity contribution < 1.29 is 14.3 Å². The maximum Gasteiger partial charge on any atom is 0.341 e. The monoisotopic (exact) mass is 604 g/mol. The molecule has 202 valence electrons. The predicted molar refractivity (Wildman–Crippen MR) is 163 cm³/mol. The molecule has 2 aromatic carbocycles. The van der Waals surface area contributed by atoms with Crippen molar-refractivity contribution in [1.82, 2.24) is 4.98 Å². The first-order valence-corrected chi connectivity index (χ1v) is 14.9. The number of carbonyl (C=O) groups excluding carboxylic acids is 2. The highest BCUT2D eigenvalue weighted by molar-refractivity contribution is 9.10. The number of aromatic nitrogens is 1. The number of ether oxygens (including phenoxy) is 1. The fraction of sp³-hybridized carbons (Fsp3) is 0.344. The van der Waals surface area contributed by atoms with Crippen LogP contribution in [0.3, 0.4) is 0 Å². The molecule has 1 amide bonds. The molecule has 0 saturated carbocycles. The molecular weight excluding hydrogens is 572 g/mol. The normalized spacial score (nSPS) is 15.2. The molecule has 4 aromatic rings. The summed E-state index contributed by atoms with van der Waals surface area (Å²) in [6, 6.07) is 15.7. The first-order valence-electron chi connectivity index (χ1n) is 13.3. The van der Waals surface area contributed by atoms with Crippen LogP contribution in [0.5, 0.6) is 0 Å². The maximum absolute atomic E-state index is 13.9. The Morgan fingerprint density at radius 2 is 1.90 bits per heavy atom. The molecule has 0 saturated heterocycles. The Labute approximate surface area is 242 Å². The zero-order valence-electron chi connectivity index (χ0n) is 23.0. The van der Waals surface area contributed by atoms with E-state index in [1.807, 2.05) is 55.5 Å². The van der Waals surface area contributed by atoms with Gasteiger partial charge in [0.1, 0.15) is 5.00 Å². The molecule has 5 rings (SSSR count). The number of pyridine rings is 1. The van der Waals surface area contributed by atoms with Crippen molar-refractivity contribution in [3.8, 4) is 11.3 Å². The van der Waals surface area contributed by atoms with Gasteiger partial charge in [0.15, 0.2) is 0 Å². The number of hydrogen-bond donors (Lipinski definition) is 1. The van der Waals surface area contributed by atoms with Gasteiger partial charge in [-0.1, -0.05) is 73.0 Å². The van der Waals surface area contributed by atoms with E-state index in [2.05, 4.69) is 42.0 Å². The summed E-state index contributed by atoms with van der Waals surface area (Å²) in [5.41, 5.74) is 5.78. The van der Waals surface area contributed by atoms with Crippen LogP contribution in [-0.2, 0) is 17.6 Å². The lowest BCUT2D eigenvalue weighted by molar-refractivity contribution is 0.0600. The maximum atomic E-state index is 13.9. The van der Waals surface area contributed by atoms with E-state index >= 15 is 0 Å². The van der Waals surface area contributed by atoms with Crippen molar-refractivity contribution in [3.63, 3.8) is 0 Å². The van der Waals surface area contributed by atoms with Gasteiger partial charge in [0.25, 0.3) is 5.91 Å². The van der Waals surface area contributed by atoms with Crippen molar-refractivity contribution in [2.75, 3.05) is 12.4 Å². The van der Waals surface area contributed by atoms with Crippen LogP contribution in [0.2, 0.25) is 0 Å². The molecule has 0 spiro atoms. The Bertz CT molecular complexity index is 1570. The van der Waals surface area contributed by atoms with Crippen LogP contribution in [0.25, 0.3) is 22.2 Å². The number of thiophene rings is 1. The van der Waals surface area contributed by atoms with Crippen molar-refractivity contribution in [2.24, 2.45) is 11.3 Å². The molecule has 2 aromatic heterocycles. The second-order valence-electron chi connectivity index (χ2n) is 11.0. The number of methoxy groups -OCH3 is 1. The highest BCUT2D eigenvalue weighted by atomic mass is 79.9.